The Labute approximate surface area is 132 Å². The number of benzene rings is 2. The highest BCUT2D eigenvalue weighted by atomic mass is 79.9. The van der Waals surface area contributed by atoms with E-state index in [1.54, 1.807) is 12.1 Å². The molecule has 0 radical (unpaired) electrons. The Morgan fingerprint density at radius 1 is 1.10 bits per heavy atom. The van der Waals surface area contributed by atoms with Crippen molar-refractivity contribution in [2.75, 3.05) is 13.2 Å². The van der Waals surface area contributed by atoms with Gasteiger partial charge in [0, 0.05) is 15.6 Å². The van der Waals surface area contributed by atoms with Crippen LogP contribution in [0.1, 0.15) is 28.4 Å². The SMILES string of the molecule is CCc1ccc(C(=O)c2cc3c(cc2Br)OCCO3)cc1. The van der Waals surface area contributed by atoms with Crippen molar-refractivity contribution in [3.8, 4) is 11.5 Å². The summed E-state index contributed by atoms with van der Waals surface area (Å²) in [5.41, 5.74) is 2.47. The van der Waals surface area contributed by atoms with Crippen LogP contribution in [-0.2, 0) is 6.42 Å². The second-order valence-electron chi connectivity index (χ2n) is 4.86. The number of aryl methyl sites for hydroxylation is 1. The smallest absolute Gasteiger partial charge is 0.194 e. The molecular weight excluding hydrogens is 332 g/mol. The number of rotatable bonds is 3. The fourth-order valence-corrected chi connectivity index (χ4v) is 2.79. The van der Waals surface area contributed by atoms with Gasteiger partial charge in [0.25, 0.3) is 0 Å². The van der Waals surface area contributed by atoms with Crippen LogP contribution in [0, 0.1) is 0 Å². The van der Waals surface area contributed by atoms with Crippen LogP contribution in [0.4, 0.5) is 0 Å². The molecule has 2 aromatic carbocycles. The molecule has 0 saturated heterocycles. The second kappa shape index (κ2) is 5.90. The molecule has 0 atom stereocenters. The van der Waals surface area contributed by atoms with Crippen LogP contribution in [0.5, 0.6) is 11.5 Å². The molecule has 3 rings (SSSR count). The highest BCUT2D eigenvalue weighted by molar-refractivity contribution is 9.10. The number of carbonyl (C=O) groups is 1. The lowest BCUT2D eigenvalue weighted by atomic mass is 10.0. The molecule has 1 heterocycles. The molecule has 2 aromatic rings. The first-order valence-corrected chi connectivity index (χ1v) is 7.71. The van der Waals surface area contributed by atoms with Gasteiger partial charge >= 0.3 is 0 Å². The van der Waals surface area contributed by atoms with E-state index in [0.717, 1.165) is 10.9 Å². The molecule has 0 aliphatic carbocycles. The quantitative estimate of drug-likeness (QED) is 0.787. The van der Waals surface area contributed by atoms with E-state index in [1.165, 1.54) is 5.56 Å². The molecule has 0 unspecified atom stereocenters. The summed E-state index contributed by atoms with van der Waals surface area (Å²) >= 11 is 3.45. The molecule has 108 valence electrons. The standard InChI is InChI=1S/C17H15BrO3/c1-2-11-3-5-12(6-4-11)17(19)13-9-15-16(10-14(13)18)21-8-7-20-15/h3-6,9-10H,2,7-8H2,1H3. The Bertz CT molecular complexity index is 677. The van der Waals surface area contributed by atoms with E-state index in [2.05, 4.69) is 22.9 Å². The lowest BCUT2D eigenvalue weighted by Gasteiger charge is -2.19. The van der Waals surface area contributed by atoms with Crippen molar-refractivity contribution in [3.63, 3.8) is 0 Å². The molecular formula is C17H15BrO3. The fourth-order valence-electron chi connectivity index (χ4n) is 2.29. The van der Waals surface area contributed by atoms with Crippen molar-refractivity contribution < 1.29 is 14.3 Å². The van der Waals surface area contributed by atoms with Gasteiger partial charge in [-0.05, 0) is 40.0 Å². The molecule has 0 spiro atoms. The third-order valence-electron chi connectivity index (χ3n) is 3.50. The Morgan fingerprint density at radius 2 is 1.71 bits per heavy atom. The van der Waals surface area contributed by atoms with Gasteiger partial charge in [-0.25, -0.2) is 0 Å². The monoisotopic (exact) mass is 346 g/mol. The molecule has 3 nitrogen and oxygen atoms in total. The first-order valence-electron chi connectivity index (χ1n) is 6.92. The van der Waals surface area contributed by atoms with Crippen LogP contribution in [0.2, 0.25) is 0 Å². The molecule has 0 bridgehead atoms. The van der Waals surface area contributed by atoms with E-state index in [1.807, 2.05) is 24.3 Å². The van der Waals surface area contributed by atoms with Gasteiger partial charge in [-0.2, -0.15) is 0 Å². The molecule has 0 amide bonds. The maximum atomic E-state index is 12.6. The Hall–Kier alpha value is -1.81. The van der Waals surface area contributed by atoms with E-state index in [4.69, 9.17) is 9.47 Å². The summed E-state index contributed by atoms with van der Waals surface area (Å²) in [7, 11) is 0. The largest absolute Gasteiger partial charge is 0.486 e. The predicted octanol–water partition coefficient (Wildman–Crippen LogP) is 4.01. The van der Waals surface area contributed by atoms with Crippen LogP contribution in [0.25, 0.3) is 0 Å². The van der Waals surface area contributed by atoms with E-state index in [9.17, 15) is 4.79 Å². The highest BCUT2D eigenvalue weighted by Crippen LogP contribution is 2.36. The number of hydrogen-bond acceptors (Lipinski definition) is 3. The van der Waals surface area contributed by atoms with Crippen molar-refractivity contribution >= 4 is 21.7 Å². The summed E-state index contributed by atoms with van der Waals surface area (Å²) in [5, 5.41) is 0. The molecule has 1 aliphatic heterocycles. The molecule has 4 heteroatoms. The number of ketones is 1. The van der Waals surface area contributed by atoms with Crippen LogP contribution in [0.3, 0.4) is 0 Å². The summed E-state index contributed by atoms with van der Waals surface area (Å²) in [4.78, 5) is 12.6. The van der Waals surface area contributed by atoms with Gasteiger partial charge in [0.05, 0.1) is 0 Å². The highest BCUT2D eigenvalue weighted by Gasteiger charge is 2.19. The number of halogens is 1. The van der Waals surface area contributed by atoms with E-state index in [0.29, 0.717) is 35.8 Å². The third-order valence-corrected chi connectivity index (χ3v) is 4.16. The topological polar surface area (TPSA) is 35.5 Å². The Morgan fingerprint density at radius 3 is 2.33 bits per heavy atom. The third kappa shape index (κ3) is 2.81. The minimum absolute atomic E-state index is 0.0264. The van der Waals surface area contributed by atoms with Crippen LogP contribution < -0.4 is 9.47 Å². The first-order chi connectivity index (χ1) is 10.2. The summed E-state index contributed by atoms with van der Waals surface area (Å²) in [6.07, 6.45) is 0.961. The Kier molecular flexibility index (Phi) is 3.97. The van der Waals surface area contributed by atoms with Crippen LogP contribution in [-0.4, -0.2) is 19.0 Å². The van der Waals surface area contributed by atoms with Crippen LogP contribution >= 0.6 is 15.9 Å². The van der Waals surface area contributed by atoms with Crippen molar-refractivity contribution in [1.82, 2.24) is 0 Å². The summed E-state index contributed by atoms with van der Waals surface area (Å²) in [6, 6.07) is 11.2. The van der Waals surface area contributed by atoms with Crippen molar-refractivity contribution in [3.05, 3.63) is 57.6 Å². The van der Waals surface area contributed by atoms with Gasteiger partial charge in [0.15, 0.2) is 17.3 Å². The van der Waals surface area contributed by atoms with Gasteiger partial charge in [-0.1, -0.05) is 31.2 Å². The molecule has 0 aromatic heterocycles. The number of hydrogen-bond donors (Lipinski definition) is 0. The normalized spacial score (nSPS) is 13.0. The van der Waals surface area contributed by atoms with E-state index >= 15 is 0 Å². The van der Waals surface area contributed by atoms with E-state index in [-0.39, 0.29) is 5.78 Å². The first kappa shape index (κ1) is 14.1. The lowest BCUT2D eigenvalue weighted by molar-refractivity contribution is 0.103. The van der Waals surface area contributed by atoms with E-state index < -0.39 is 0 Å². The molecule has 0 saturated carbocycles. The Balaban J connectivity index is 1.96. The molecule has 21 heavy (non-hydrogen) atoms. The number of fused-ring (bicyclic) bond motifs is 1. The molecule has 1 aliphatic rings. The maximum absolute atomic E-state index is 12.6. The second-order valence-corrected chi connectivity index (χ2v) is 5.71. The average Bonchev–Trinajstić information content (AvgIpc) is 2.53. The number of ether oxygens (including phenoxy) is 2. The minimum Gasteiger partial charge on any atom is -0.486 e. The fraction of sp³-hybridized carbons (Fsp3) is 0.235. The van der Waals surface area contributed by atoms with Gasteiger partial charge in [0.1, 0.15) is 13.2 Å². The predicted molar refractivity (Wildman–Crippen MR) is 84.4 cm³/mol. The van der Waals surface area contributed by atoms with Gasteiger partial charge < -0.3 is 9.47 Å². The zero-order chi connectivity index (χ0) is 14.8. The lowest BCUT2D eigenvalue weighted by Crippen LogP contribution is -2.16. The van der Waals surface area contributed by atoms with Gasteiger partial charge in [0.2, 0.25) is 0 Å². The van der Waals surface area contributed by atoms with Crippen molar-refractivity contribution in [1.29, 1.82) is 0 Å². The van der Waals surface area contributed by atoms with Gasteiger partial charge in [-0.15, -0.1) is 0 Å². The zero-order valence-corrected chi connectivity index (χ0v) is 13.3. The molecule has 0 N–H and O–H groups in total. The maximum Gasteiger partial charge on any atom is 0.194 e. The average molecular weight is 347 g/mol. The molecule has 0 fully saturated rings. The van der Waals surface area contributed by atoms with Crippen molar-refractivity contribution in [2.24, 2.45) is 0 Å². The summed E-state index contributed by atoms with van der Waals surface area (Å²) < 4.78 is 11.8. The van der Waals surface area contributed by atoms with Crippen molar-refractivity contribution in [2.45, 2.75) is 13.3 Å². The summed E-state index contributed by atoms with van der Waals surface area (Å²) in [5.74, 6) is 1.27. The summed E-state index contributed by atoms with van der Waals surface area (Å²) in [6.45, 7) is 3.13. The zero-order valence-electron chi connectivity index (χ0n) is 11.7. The van der Waals surface area contributed by atoms with Gasteiger partial charge in [-0.3, -0.25) is 4.79 Å². The minimum atomic E-state index is -0.0264. The van der Waals surface area contributed by atoms with Crippen LogP contribution in [0.15, 0.2) is 40.9 Å². The number of carbonyl (C=O) groups excluding carboxylic acids is 1.